The molecule has 35 heavy (non-hydrogen) atoms. The van der Waals surface area contributed by atoms with Crippen LogP contribution in [0.5, 0.6) is 0 Å². The van der Waals surface area contributed by atoms with Gasteiger partial charge in [-0.05, 0) is 37.3 Å². The van der Waals surface area contributed by atoms with Gasteiger partial charge >= 0.3 is 0 Å². The number of nitrogens with one attached hydrogen (secondary N) is 1. The van der Waals surface area contributed by atoms with Crippen LogP contribution in [0, 0.1) is 17.0 Å². The summed E-state index contributed by atoms with van der Waals surface area (Å²) in [6.45, 7) is 2.00. The fourth-order valence-corrected chi connectivity index (χ4v) is 4.00. The zero-order valence-corrected chi connectivity index (χ0v) is 19.9. The summed E-state index contributed by atoms with van der Waals surface area (Å²) in [7, 11) is 0. The lowest BCUT2D eigenvalue weighted by Gasteiger charge is -2.10. The van der Waals surface area contributed by atoms with Crippen molar-refractivity contribution in [1.29, 1.82) is 0 Å². The highest BCUT2D eigenvalue weighted by atomic mass is 35.5. The number of amides is 1. The van der Waals surface area contributed by atoms with Crippen molar-refractivity contribution in [2.24, 2.45) is 5.10 Å². The monoisotopic (exact) mass is 507 g/mol. The molecule has 10 nitrogen and oxygen atoms in total. The molecule has 0 saturated heterocycles. The molecule has 2 aromatic carbocycles. The molecule has 2 heterocycles. The summed E-state index contributed by atoms with van der Waals surface area (Å²) in [4.78, 5) is 26.8. The predicted octanol–water partition coefficient (Wildman–Crippen LogP) is 4.44. The first kappa shape index (κ1) is 24.0. The quantitative estimate of drug-likeness (QED) is 0.161. The smallest absolute Gasteiger partial charge is 0.272 e. The van der Waals surface area contributed by atoms with Crippen LogP contribution >= 0.6 is 23.4 Å². The largest absolute Gasteiger partial charge is 0.288 e. The van der Waals surface area contributed by atoms with Gasteiger partial charge in [-0.1, -0.05) is 47.1 Å². The summed E-state index contributed by atoms with van der Waals surface area (Å²) in [6.07, 6.45) is 4.66. The SMILES string of the molecule is Cc1ccc(-n2c(SCC(=O)N/N=C\c3ccc(Cl)c([N+](=O)[O-])c3)nnc2-c2ccncc2)cc1. The van der Waals surface area contributed by atoms with Gasteiger partial charge in [0.05, 0.1) is 16.9 Å². The molecule has 2 aromatic heterocycles. The molecule has 0 aliphatic heterocycles. The number of aryl methyl sites for hydroxylation is 1. The molecule has 0 unspecified atom stereocenters. The van der Waals surface area contributed by atoms with E-state index in [4.69, 9.17) is 11.6 Å². The maximum atomic E-state index is 12.4. The Morgan fingerprint density at radius 3 is 2.63 bits per heavy atom. The van der Waals surface area contributed by atoms with Gasteiger partial charge < -0.3 is 0 Å². The average molecular weight is 508 g/mol. The van der Waals surface area contributed by atoms with Crippen LogP contribution in [0.25, 0.3) is 17.1 Å². The van der Waals surface area contributed by atoms with E-state index in [1.165, 1.54) is 30.1 Å². The van der Waals surface area contributed by atoms with E-state index in [1.54, 1.807) is 18.5 Å². The maximum Gasteiger partial charge on any atom is 0.288 e. The lowest BCUT2D eigenvalue weighted by Crippen LogP contribution is -2.20. The fourth-order valence-electron chi connectivity index (χ4n) is 3.07. The third kappa shape index (κ3) is 5.89. The number of nitro benzene ring substituents is 1. The summed E-state index contributed by atoms with van der Waals surface area (Å²) in [6, 6.07) is 15.8. The van der Waals surface area contributed by atoms with Crippen LogP contribution in [0.4, 0.5) is 5.69 Å². The van der Waals surface area contributed by atoms with Crippen molar-refractivity contribution in [1.82, 2.24) is 25.2 Å². The minimum absolute atomic E-state index is 0.0245. The van der Waals surface area contributed by atoms with Crippen LogP contribution in [0.1, 0.15) is 11.1 Å². The molecule has 0 fully saturated rings. The number of rotatable bonds is 8. The third-order valence-electron chi connectivity index (χ3n) is 4.77. The van der Waals surface area contributed by atoms with E-state index in [2.05, 4.69) is 25.7 Å². The first-order chi connectivity index (χ1) is 16.9. The highest BCUT2D eigenvalue weighted by molar-refractivity contribution is 7.99. The van der Waals surface area contributed by atoms with E-state index in [9.17, 15) is 14.9 Å². The average Bonchev–Trinajstić information content (AvgIpc) is 3.28. The number of nitrogens with zero attached hydrogens (tertiary/aromatic N) is 6. The second-order valence-electron chi connectivity index (χ2n) is 7.26. The molecule has 0 aliphatic carbocycles. The zero-order chi connectivity index (χ0) is 24.8. The molecule has 0 radical (unpaired) electrons. The second-order valence-corrected chi connectivity index (χ2v) is 8.61. The Kier molecular flexibility index (Phi) is 7.48. The maximum absolute atomic E-state index is 12.4. The Hall–Kier alpha value is -4.09. The molecule has 0 spiro atoms. The van der Waals surface area contributed by atoms with Gasteiger partial charge in [0.15, 0.2) is 11.0 Å². The van der Waals surface area contributed by atoms with Crippen molar-refractivity contribution in [2.45, 2.75) is 12.1 Å². The topological polar surface area (TPSA) is 128 Å². The predicted molar refractivity (Wildman–Crippen MR) is 134 cm³/mol. The number of aromatic nitrogens is 4. The van der Waals surface area contributed by atoms with Crippen molar-refractivity contribution in [3.8, 4) is 17.1 Å². The Bertz CT molecular complexity index is 1390. The van der Waals surface area contributed by atoms with E-state index in [0.717, 1.165) is 16.8 Å². The molecule has 0 saturated carbocycles. The van der Waals surface area contributed by atoms with Gasteiger partial charge in [-0.25, -0.2) is 5.43 Å². The number of pyridine rings is 1. The highest BCUT2D eigenvalue weighted by Crippen LogP contribution is 2.28. The number of nitro groups is 1. The first-order valence-corrected chi connectivity index (χ1v) is 11.6. The molecule has 0 bridgehead atoms. The minimum atomic E-state index is -0.584. The van der Waals surface area contributed by atoms with Crippen LogP contribution < -0.4 is 5.43 Å². The summed E-state index contributed by atoms with van der Waals surface area (Å²) in [5.74, 6) is 0.276. The van der Waals surface area contributed by atoms with Crippen molar-refractivity contribution < 1.29 is 9.72 Å². The number of carbonyl (C=O) groups is 1. The van der Waals surface area contributed by atoms with Crippen molar-refractivity contribution in [2.75, 3.05) is 5.75 Å². The highest BCUT2D eigenvalue weighted by Gasteiger charge is 2.17. The molecule has 176 valence electrons. The summed E-state index contributed by atoms with van der Waals surface area (Å²) in [5.41, 5.74) is 5.41. The lowest BCUT2D eigenvalue weighted by atomic mass is 10.2. The van der Waals surface area contributed by atoms with Crippen LogP contribution in [-0.2, 0) is 4.79 Å². The standard InChI is InChI=1S/C23H18ClN7O3S/c1-15-2-5-18(6-3-15)30-22(17-8-10-25-11-9-17)28-29-23(30)35-14-21(32)27-26-13-16-4-7-19(24)20(12-16)31(33)34/h2-13H,14H2,1H3,(H,27,32)/b26-13-. The summed E-state index contributed by atoms with van der Waals surface area (Å²) >= 11 is 7.01. The first-order valence-electron chi connectivity index (χ1n) is 10.2. The van der Waals surface area contributed by atoms with Crippen LogP contribution in [0.2, 0.25) is 5.02 Å². The summed E-state index contributed by atoms with van der Waals surface area (Å²) < 4.78 is 1.88. The van der Waals surface area contributed by atoms with Gasteiger partial charge in [-0.15, -0.1) is 10.2 Å². The number of hydrogen-bond donors (Lipinski definition) is 1. The van der Waals surface area contributed by atoms with Gasteiger partial charge in [0.25, 0.3) is 11.6 Å². The van der Waals surface area contributed by atoms with E-state index >= 15 is 0 Å². The molecule has 0 atom stereocenters. The fraction of sp³-hybridized carbons (Fsp3) is 0.0870. The molecule has 4 aromatic rings. The van der Waals surface area contributed by atoms with Gasteiger partial charge in [0.1, 0.15) is 5.02 Å². The Balaban J connectivity index is 1.48. The van der Waals surface area contributed by atoms with Gasteiger partial charge in [-0.3, -0.25) is 24.5 Å². The molecule has 0 aliphatic rings. The normalized spacial score (nSPS) is 11.0. The van der Waals surface area contributed by atoms with Crippen LogP contribution in [0.15, 0.2) is 77.2 Å². The van der Waals surface area contributed by atoms with E-state index < -0.39 is 4.92 Å². The van der Waals surface area contributed by atoms with E-state index in [1.807, 2.05) is 47.9 Å². The molecule has 1 amide bonds. The molecular formula is C23H18ClN7O3S. The zero-order valence-electron chi connectivity index (χ0n) is 18.3. The Morgan fingerprint density at radius 1 is 1.17 bits per heavy atom. The van der Waals surface area contributed by atoms with Gasteiger partial charge in [0, 0.05) is 35.3 Å². The third-order valence-corrected chi connectivity index (χ3v) is 6.01. The van der Waals surface area contributed by atoms with Crippen molar-refractivity contribution in [3.05, 3.63) is 93.3 Å². The van der Waals surface area contributed by atoms with Crippen molar-refractivity contribution >= 4 is 41.2 Å². The Labute approximate surface area is 209 Å². The second kappa shape index (κ2) is 10.9. The van der Waals surface area contributed by atoms with Crippen LogP contribution in [-0.4, -0.2) is 42.5 Å². The Morgan fingerprint density at radius 2 is 1.91 bits per heavy atom. The minimum Gasteiger partial charge on any atom is -0.272 e. The molecule has 12 heteroatoms. The van der Waals surface area contributed by atoms with Gasteiger partial charge in [-0.2, -0.15) is 5.10 Å². The molecule has 1 N–H and O–H groups in total. The number of thioether (sulfide) groups is 1. The number of halogens is 1. The van der Waals surface area contributed by atoms with Crippen LogP contribution in [0.3, 0.4) is 0 Å². The number of benzene rings is 2. The molecule has 4 rings (SSSR count). The summed E-state index contributed by atoms with van der Waals surface area (Å²) in [5, 5.41) is 24.1. The molecular weight excluding hydrogens is 490 g/mol. The van der Waals surface area contributed by atoms with Gasteiger partial charge in [0.2, 0.25) is 0 Å². The van der Waals surface area contributed by atoms with E-state index in [0.29, 0.717) is 16.5 Å². The number of hydrazone groups is 1. The number of carbonyl (C=O) groups excluding carboxylic acids is 1. The lowest BCUT2D eigenvalue weighted by molar-refractivity contribution is -0.384. The van der Waals surface area contributed by atoms with E-state index in [-0.39, 0.29) is 22.4 Å². The number of hydrogen-bond acceptors (Lipinski definition) is 8. The van der Waals surface area contributed by atoms with Crippen molar-refractivity contribution in [3.63, 3.8) is 0 Å².